The van der Waals surface area contributed by atoms with Crippen molar-refractivity contribution in [3.8, 4) is 39.6 Å². The topological polar surface area (TPSA) is 81.1 Å². The number of amides is 1. The van der Waals surface area contributed by atoms with E-state index in [1.807, 2.05) is 39.0 Å². The summed E-state index contributed by atoms with van der Waals surface area (Å²) in [5.41, 5.74) is 7.08. The number of fused-ring (bicyclic) bond motifs is 5. The van der Waals surface area contributed by atoms with E-state index in [4.69, 9.17) is 14.7 Å². The predicted octanol–water partition coefficient (Wildman–Crippen LogP) is 8.29. The van der Waals surface area contributed by atoms with Crippen LogP contribution in [0.1, 0.15) is 45.6 Å². The number of rotatable bonds is 4. The molecule has 3 aromatic heterocycles. The number of alkyl carbamates (subject to hydrolysis) is 1. The molecule has 1 aliphatic heterocycles. The molecule has 41 heavy (non-hydrogen) atoms. The summed E-state index contributed by atoms with van der Waals surface area (Å²) in [5, 5.41) is 10.9. The standard InChI is InChI=1S/C33H31N5O2S/c1-32(2,3)40-31(39)37-33(16-7-17-33)23-13-11-21(12-14-23)28-27(22-15-19-41-20-22)36-30-24-8-4-5-9-25(24)35-29-26(38(28)30)10-6-18-34-29/h4-6,8-15,18-20H,7,16-17H2,1-3H3,(H,34,35)(H,37,39). The molecule has 2 aromatic carbocycles. The van der Waals surface area contributed by atoms with Crippen LogP contribution in [0.2, 0.25) is 0 Å². The maximum absolute atomic E-state index is 12.7. The first-order valence-electron chi connectivity index (χ1n) is 13.9. The number of carbonyl (C=O) groups is 1. The number of thiophene rings is 1. The third-order valence-electron chi connectivity index (χ3n) is 7.78. The number of imidazole rings is 1. The van der Waals surface area contributed by atoms with Crippen LogP contribution in [0.5, 0.6) is 0 Å². The zero-order valence-electron chi connectivity index (χ0n) is 23.3. The SMILES string of the molecule is CC(C)(C)OC(=O)NC1(c2ccc(-c3c(-c4ccsc4)nc4n3-c3cccnc3Nc3ccccc3-4)cc2)CCC1. The van der Waals surface area contributed by atoms with Gasteiger partial charge in [-0.05, 0) is 81.3 Å². The number of anilines is 2. The summed E-state index contributed by atoms with van der Waals surface area (Å²) in [6, 6.07) is 22.9. The van der Waals surface area contributed by atoms with Crippen molar-refractivity contribution in [3.05, 3.63) is 89.3 Å². The van der Waals surface area contributed by atoms with Crippen LogP contribution in [0.3, 0.4) is 0 Å². The molecular weight excluding hydrogens is 530 g/mol. The van der Waals surface area contributed by atoms with Crippen molar-refractivity contribution in [2.75, 3.05) is 5.32 Å². The molecule has 0 spiro atoms. The number of para-hydroxylation sites is 1. The fourth-order valence-corrected chi connectivity index (χ4v) is 6.39. The third-order valence-corrected chi connectivity index (χ3v) is 8.46. The molecule has 0 saturated heterocycles. The summed E-state index contributed by atoms with van der Waals surface area (Å²) < 4.78 is 7.82. The fourth-order valence-electron chi connectivity index (χ4n) is 5.75. The summed E-state index contributed by atoms with van der Waals surface area (Å²) in [6.07, 6.45) is 4.26. The molecule has 1 aliphatic carbocycles. The maximum atomic E-state index is 12.7. The number of carbonyl (C=O) groups excluding carboxylic acids is 1. The molecule has 7 rings (SSSR count). The van der Waals surface area contributed by atoms with Crippen molar-refractivity contribution in [1.29, 1.82) is 0 Å². The van der Waals surface area contributed by atoms with Gasteiger partial charge in [-0.25, -0.2) is 14.8 Å². The van der Waals surface area contributed by atoms with E-state index in [0.717, 1.165) is 75.9 Å². The van der Waals surface area contributed by atoms with Gasteiger partial charge in [0.15, 0.2) is 5.82 Å². The van der Waals surface area contributed by atoms with E-state index in [2.05, 4.69) is 74.5 Å². The predicted molar refractivity (Wildman–Crippen MR) is 164 cm³/mol. The van der Waals surface area contributed by atoms with Gasteiger partial charge in [0, 0.05) is 28.3 Å². The monoisotopic (exact) mass is 561 g/mol. The Morgan fingerprint density at radius 1 is 1.02 bits per heavy atom. The van der Waals surface area contributed by atoms with Crippen molar-refractivity contribution in [3.63, 3.8) is 0 Å². The van der Waals surface area contributed by atoms with Gasteiger partial charge >= 0.3 is 6.09 Å². The molecule has 4 heterocycles. The molecule has 2 N–H and O–H groups in total. The van der Waals surface area contributed by atoms with Gasteiger partial charge in [0.05, 0.1) is 28.3 Å². The van der Waals surface area contributed by atoms with Crippen molar-refractivity contribution in [2.24, 2.45) is 0 Å². The Kier molecular flexibility index (Phi) is 5.97. The fraction of sp³-hybridized carbons (Fsp3) is 0.242. The van der Waals surface area contributed by atoms with E-state index in [9.17, 15) is 4.79 Å². The third kappa shape index (κ3) is 4.48. The molecule has 5 aromatic rings. The molecule has 1 saturated carbocycles. The summed E-state index contributed by atoms with van der Waals surface area (Å²) >= 11 is 1.66. The number of nitrogens with one attached hydrogen (secondary N) is 2. The Morgan fingerprint density at radius 3 is 2.54 bits per heavy atom. The molecule has 0 atom stereocenters. The minimum atomic E-state index is -0.546. The van der Waals surface area contributed by atoms with E-state index >= 15 is 0 Å². The first-order valence-corrected chi connectivity index (χ1v) is 14.8. The molecule has 2 aliphatic rings. The molecule has 1 fully saturated rings. The van der Waals surface area contributed by atoms with Gasteiger partial charge in [0.25, 0.3) is 0 Å². The molecule has 1 amide bonds. The van der Waals surface area contributed by atoms with Crippen molar-refractivity contribution < 1.29 is 9.53 Å². The van der Waals surface area contributed by atoms with Crippen LogP contribution in [-0.2, 0) is 10.3 Å². The van der Waals surface area contributed by atoms with Gasteiger partial charge in [-0.1, -0.05) is 36.4 Å². The van der Waals surface area contributed by atoms with Gasteiger partial charge in [-0.2, -0.15) is 11.3 Å². The number of hydrogen-bond donors (Lipinski definition) is 2. The minimum Gasteiger partial charge on any atom is -0.444 e. The van der Waals surface area contributed by atoms with E-state index < -0.39 is 11.1 Å². The summed E-state index contributed by atoms with van der Waals surface area (Å²) in [5.74, 6) is 1.64. The van der Waals surface area contributed by atoms with E-state index in [0.29, 0.717) is 0 Å². The Balaban J connectivity index is 1.37. The van der Waals surface area contributed by atoms with Crippen molar-refractivity contribution in [2.45, 2.75) is 51.2 Å². The highest BCUT2D eigenvalue weighted by molar-refractivity contribution is 7.08. The van der Waals surface area contributed by atoms with E-state index in [1.54, 1.807) is 17.5 Å². The molecule has 0 bridgehead atoms. The Hall–Kier alpha value is -4.43. The minimum absolute atomic E-state index is 0.377. The maximum Gasteiger partial charge on any atom is 0.408 e. The van der Waals surface area contributed by atoms with Crippen LogP contribution in [-0.4, -0.2) is 26.2 Å². The zero-order chi connectivity index (χ0) is 28.2. The van der Waals surface area contributed by atoms with Crippen LogP contribution in [0.25, 0.3) is 39.6 Å². The largest absolute Gasteiger partial charge is 0.444 e. The van der Waals surface area contributed by atoms with Crippen LogP contribution in [0.15, 0.2) is 83.7 Å². The van der Waals surface area contributed by atoms with Crippen molar-refractivity contribution in [1.82, 2.24) is 19.9 Å². The summed E-state index contributed by atoms with van der Waals surface area (Å²) in [6.45, 7) is 5.65. The second-order valence-electron chi connectivity index (χ2n) is 11.7. The lowest BCUT2D eigenvalue weighted by Crippen LogP contribution is -2.52. The number of benzene rings is 2. The molecule has 0 unspecified atom stereocenters. The van der Waals surface area contributed by atoms with Gasteiger partial charge in [0.2, 0.25) is 0 Å². The number of pyridine rings is 1. The van der Waals surface area contributed by atoms with E-state index in [1.165, 1.54) is 0 Å². The van der Waals surface area contributed by atoms with E-state index in [-0.39, 0.29) is 6.09 Å². The number of hydrogen-bond acceptors (Lipinski definition) is 6. The molecule has 206 valence electrons. The second kappa shape index (κ2) is 9.59. The number of nitrogens with zero attached hydrogens (tertiary/aromatic N) is 3. The Bertz CT molecular complexity index is 1750. The second-order valence-corrected chi connectivity index (χ2v) is 12.4. The molecule has 0 radical (unpaired) electrons. The van der Waals surface area contributed by atoms with Crippen LogP contribution < -0.4 is 10.6 Å². The lowest BCUT2D eigenvalue weighted by molar-refractivity contribution is 0.0377. The average Bonchev–Trinajstić information content (AvgIpc) is 3.57. The van der Waals surface area contributed by atoms with Gasteiger partial charge in [-0.3, -0.25) is 4.57 Å². The van der Waals surface area contributed by atoms with Crippen LogP contribution in [0, 0.1) is 0 Å². The van der Waals surface area contributed by atoms with Crippen molar-refractivity contribution >= 4 is 28.9 Å². The first-order chi connectivity index (χ1) is 19.8. The van der Waals surface area contributed by atoms with Gasteiger partial charge in [0.1, 0.15) is 11.4 Å². The quantitative estimate of drug-likeness (QED) is 0.226. The van der Waals surface area contributed by atoms with Crippen LogP contribution in [0.4, 0.5) is 16.3 Å². The number of ether oxygens (including phenoxy) is 1. The lowest BCUT2D eigenvalue weighted by atomic mass is 9.71. The highest BCUT2D eigenvalue weighted by Gasteiger charge is 2.41. The zero-order valence-corrected chi connectivity index (χ0v) is 24.1. The number of aromatic nitrogens is 3. The molecule has 7 nitrogen and oxygen atoms in total. The first kappa shape index (κ1) is 25.5. The summed E-state index contributed by atoms with van der Waals surface area (Å²) in [4.78, 5) is 22.7. The normalized spacial score (nSPS) is 14.9. The average molecular weight is 562 g/mol. The Morgan fingerprint density at radius 2 is 1.83 bits per heavy atom. The summed E-state index contributed by atoms with van der Waals surface area (Å²) in [7, 11) is 0. The highest BCUT2D eigenvalue weighted by atomic mass is 32.1. The molecule has 8 heteroatoms. The van der Waals surface area contributed by atoms with Crippen LogP contribution >= 0.6 is 11.3 Å². The smallest absolute Gasteiger partial charge is 0.408 e. The lowest BCUT2D eigenvalue weighted by Gasteiger charge is -2.43. The molecular formula is C33H31N5O2S. The van der Waals surface area contributed by atoms with Gasteiger partial charge in [-0.15, -0.1) is 0 Å². The van der Waals surface area contributed by atoms with Gasteiger partial charge < -0.3 is 15.4 Å². The highest BCUT2D eigenvalue weighted by Crippen LogP contribution is 2.46. The Labute approximate surface area is 243 Å².